The van der Waals surface area contributed by atoms with Crippen LogP contribution in [0.25, 0.3) is 0 Å². The van der Waals surface area contributed by atoms with E-state index in [-0.39, 0.29) is 5.91 Å². The van der Waals surface area contributed by atoms with E-state index >= 15 is 0 Å². The molecule has 5 heteroatoms. The van der Waals surface area contributed by atoms with Crippen molar-refractivity contribution in [1.82, 2.24) is 4.90 Å². The van der Waals surface area contributed by atoms with Crippen LogP contribution in [0.15, 0.2) is 28.7 Å². The van der Waals surface area contributed by atoms with Crippen molar-refractivity contribution in [3.8, 4) is 5.75 Å². The average molecular weight is 327 g/mol. The summed E-state index contributed by atoms with van der Waals surface area (Å²) < 4.78 is 6.51. The molecular formula is C14H19BrN2O2. The Balaban J connectivity index is 1.74. The number of carbonyl (C=O) groups excluding carboxylic acids is 1. The topological polar surface area (TPSA) is 55.6 Å². The van der Waals surface area contributed by atoms with E-state index in [1.165, 1.54) is 0 Å². The predicted octanol–water partition coefficient (Wildman–Crippen LogP) is 2.03. The summed E-state index contributed by atoms with van der Waals surface area (Å²) >= 11 is 3.41. The fourth-order valence-electron chi connectivity index (χ4n) is 2.22. The third-order valence-electron chi connectivity index (χ3n) is 3.38. The van der Waals surface area contributed by atoms with Crippen LogP contribution in [0.5, 0.6) is 5.75 Å². The van der Waals surface area contributed by atoms with Crippen molar-refractivity contribution in [3.63, 3.8) is 0 Å². The van der Waals surface area contributed by atoms with E-state index in [4.69, 9.17) is 10.5 Å². The van der Waals surface area contributed by atoms with Crippen LogP contribution in [0.1, 0.15) is 12.8 Å². The molecule has 1 aliphatic heterocycles. The number of amides is 1. The maximum Gasteiger partial charge on any atom is 0.226 e. The van der Waals surface area contributed by atoms with Crippen molar-refractivity contribution in [2.75, 3.05) is 26.2 Å². The Kier molecular flexibility index (Phi) is 5.22. The molecule has 0 aliphatic carbocycles. The smallest absolute Gasteiger partial charge is 0.226 e. The molecule has 0 radical (unpaired) electrons. The van der Waals surface area contributed by atoms with Crippen molar-refractivity contribution in [2.45, 2.75) is 12.8 Å². The first kappa shape index (κ1) is 14.3. The molecule has 0 bridgehead atoms. The lowest BCUT2D eigenvalue weighted by Gasteiger charge is -2.16. The number of nitrogens with two attached hydrogens (primary N) is 1. The number of para-hydroxylation sites is 1. The molecule has 1 atom stereocenters. The van der Waals surface area contributed by atoms with Crippen LogP contribution < -0.4 is 10.5 Å². The summed E-state index contributed by atoms with van der Waals surface area (Å²) in [5.74, 6) is 1.40. The Morgan fingerprint density at radius 1 is 1.47 bits per heavy atom. The lowest BCUT2D eigenvalue weighted by Crippen LogP contribution is -2.30. The molecule has 0 aromatic heterocycles. The van der Waals surface area contributed by atoms with E-state index in [1.54, 1.807) is 0 Å². The number of rotatable bonds is 5. The highest BCUT2D eigenvalue weighted by Gasteiger charge is 2.24. The van der Waals surface area contributed by atoms with Crippen LogP contribution in [0.4, 0.5) is 0 Å². The fraction of sp³-hybridized carbons (Fsp3) is 0.500. The summed E-state index contributed by atoms with van der Waals surface area (Å²) in [5.41, 5.74) is 5.62. The van der Waals surface area contributed by atoms with Crippen LogP contribution in [-0.2, 0) is 4.79 Å². The van der Waals surface area contributed by atoms with Crippen molar-refractivity contribution in [1.29, 1.82) is 0 Å². The monoisotopic (exact) mass is 326 g/mol. The van der Waals surface area contributed by atoms with E-state index < -0.39 is 0 Å². The molecule has 1 aliphatic rings. The SMILES string of the molecule is NCC1CCN(C(=O)CCOc2ccccc2Br)C1. The second-order valence-corrected chi connectivity index (χ2v) is 5.61. The van der Waals surface area contributed by atoms with Gasteiger partial charge in [-0.15, -0.1) is 0 Å². The Labute approximate surface area is 122 Å². The van der Waals surface area contributed by atoms with E-state index in [0.717, 1.165) is 29.7 Å². The molecule has 1 unspecified atom stereocenters. The van der Waals surface area contributed by atoms with Crippen LogP contribution in [0, 0.1) is 5.92 Å². The van der Waals surface area contributed by atoms with Gasteiger partial charge in [-0.2, -0.15) is 0 Å². The van der Waals surface area contributed by atoms with Gasteiger partial charge >= 0.3 is 0 Å². The van der Waals surface area contributed by atoms with Gasteiger partial charge in [-0.05, 0) is 46.9 Å². The van der Waals surface area contributed by atoms with E-state index in [1.807, 2.05) is 29.2 Å². The number of nitrogens with zero attached hydrogens (tertiary/aromatic N) is 1. The Bertz CT molecular complexity index is 439. The molecule has 0 saturated carbocycles. The summed E-state index contributed by atoms with van der Waals surface area (Å²) in [7, 11) is 0. The normalized spacial score (nSPS) is 18.6. The highest BCUT2D eigenvalue weighted by molar-refractivity contribution is 9.10. The summed E-state index contributed by atoms with van der Waals surface area (Å²) in [5, 5.41) is 0. The summed E-state index contributed by atoms with van der Waals surface area (Å²) in [4.78, 5) is 13.9. The highest BCUT2D eigenvalue weighted by Crippen LogP contribution is 2.24. The minimum atomic E-state index is 0.156. The van der Waals surface area contributed by atoms with Crippen LogP contribution in [0.3, 0.4) is 0 Å². The number of hydrogen-bond donors (Lipinski definition) is 1. The van der Waals surface area contributed by atoms with Crippen LogP contribution in [0.2, 0.25) is 0 Å². The molecule has 2 N–H and O–H groups in total. The third kappa shape index (κ3) is 3.94. The Hall–Kier alpha value is -1.07. The zero-order valence-corrected chi connectivity index (χ0v) is 12.4. The third-order valence-corrected chi connectivity index (χ3v) is 4.04. The lowest BCUT2D eigenvalue weighted by molar-refractivity contribution is -0.130. The van der Waals surface area contributed by atoms with Gasteiger partial charge in [0.1, 0.15) is 5.75 Å². The van der Waals surface area contributed by atoms with Gasteiger partial charge in [0.05, 0.1) is 17.5 Å². The molecule has 1 aromatic carbocycles. The number of carbonyl (C=O) groups is 1. The molecule has 1 saturated heterocycles. The Morgan fingerprint density at radius 2 is 2.26 bits per heavy atom. The minimum Gasteiger partial charge on any atom is -0.492 e. The van der Waals surface area contributed by atoms with Gasteiger partial charge in [-0.1, -0.05) is 12.1 Å². The highest BCUT2D eigenvalue weighted by atomic mass is 79.9. The fourth-order valence-corrected chi connectivity index (χ4v) is 2.62. The summed E-state index contributed by atoms with van der Waals surface area (Å²) in [6.45, 7) is 2.70. The molecule has 0 spiro atoms. The molecule has 1 amide bonds. The summed E-state index contributed by atoms with van der Waals surface area (Å²) in [6.07, 6.45) is 1.44. The average Bonchev–Trinajstić information content (AvgIpc) is 2.90. The second-order valence-electron chi connectivity index (χ2n) is 4.76. The number of likely N-dealkylation sites (tertiary alicyclic amines) is 1. The van der Waals surface area contributed by atoms with Crippen LogP contribution in [-0.4, -0.2) is 37.0 Å². The first-order chi connectivity index (χ1) is 9.20. The molecule has 1 fully saturated rings. The second kappa shape index (κ2) is 6.91. The van der Waals surface area contributed by atoms with Crippen molar-refractivity contribution in [3.05, 3.63) is 28.7 Å². The number of benzene rings is 1. The predicted molar refractivity (Wildman–Crippen MR) is 78.0 cm³/mol. The quantitative estimate of drug-likeness (QED) is 0.900. The van der Waals surface area contributed by atoms with Gasteiger partial charge in [0.2, 0.25) is 5.91 Å². The molecule has 104 valence electrons. The zero-order valence-electron chi connectivity index (χ0n) is 10.8. The van der Waals surface area contributed by atoms with E-state index in [2.05, 4.69) is 15.9 Å². The number of ether oxygens (including phenoxy) is 1. The first-order valence-electron chi connectivity index (χ1n) is 6.56. The largest absolute Gasteiger partial charge is 0.492 e. The Morgan fingerprint density at radius 3 is 2.95 bits per heavy atom. The van der Waals surface area contributed by atoms with E-state index in [0.29, 0.717) is 25.5 Å². The molecule has 1 aromatic rings. The molecule has 4 nitrogen and oxygen atoms in total. The van der Waals surface area contributed by atoms with Crippen LogP contribution >= 0.6 is 15.9 Å². The summed E-state index contributed by atoms with van der Waals surface area (Å²) in [6, 6.07) is 7.64. The maximum absolute atomic E-state index is 12.0. The van der Waals surface area contributed by atoms with E-state index in [9.17, 15) is 4.79 Å². The molecule has 1 heterocycles. The molecular weight excluding hydrogens is 308 g/mol. The van der Waals surface area contributed by atoms with Gasteiger partial charge in [-0.25, -0.2) is 0 Å². The number of hydrogen-bond acceptors (Lipinski definition) is 3. The van der Waals surface area contributed by atoms with Gasteiger partial charge in [0, 0.05) is 13.1 Å². The zero-order chi connectivity index (χ0) is 13.7. The van der Waals surface area contributed by atoms with Gasteiger partial charge in [0.15, 0.2) is 0 Å². The lowest BCUT2D eigenvalue weighted by atomic mass is 10.1. The maximum atomic E-state index is 12.0. The van der Waals surface area contributed by atoms with Crippen molar-refractivity contribution < 1.29 is 9.53 Å². The minimum absolute atomic E-state index is 0.156. The molecule has 19 heavy (non-hydrogen) atoms. The van der Waals surface area contributed by atoms with Crippen molar-refractivity contribution >= 4 is 21.8 Å². The standard InChI is InChI=1S/C14H19BrN2O2/c15-12-3-1-2-4-13(12)19-8-6-14(18)17-7-5-11(9-16)10-17/h1-4,11H,5-10,16H2. The molecule has 2 rings (SSSR count). The number of halogens is 1. The van der Waals surface area contributed by atoms with Gasteiger partial charge < -0.3 is 15.4 Å². The first-order valence-corrected chi connectivity index (χ1v) is 7.35. The van der Waals surface area contributed by atoms with Gasteiger partial charge in [-0.3, -0.25) is 4.79 Å². The van der Waals surface area contributed by atoms with Crippen molar-refractivity contribution in [2.24, 2.45) is 11.7 Å². The van der Waals surface area contributed by atoms with Gasteiger partial charge in [0.25, 0.3) is 0 Å².